The van der Waals surface area contributed by atoms with Crippen LogP contribution in [0.3, 0.4) is 0 Å². The molecule has 0 aromatic heterocycles. The van der Waals surface area contributed by atoms with E-state index in [-0.39, 0.29) is 24.4 Å². The SMILES string of the molecule is CC1CC(c2ccccc2)CN1C(=O)C1CCC(N)C1.Cl. The highest BCUT2D eigenvalue weighted by Gasteiger charge is 2.38. The molecular weight excluding hydrogens is 284 g/mol. The van der Waals surface area contributed by atoms with E-state index < -0.39 is 0 Å². The number of amides is 1. The molecule has 0 spiro atoms. The summed E-state index contributed by atoms with van der Waals surface area (Å²) in [4.78, 5) is 14.7. The van der Waals surface area contributed by atoms with Crippen LogP contribution in [0.2, 0.25) is 0 Å². The average molecular weight is 309 g/mol. The summed E-state index contributed by atoms with van der Waals surface area (Å²) < 4.78 is 0. The Labute approximate surface area is 133 Å². The zero-order valence-electron chi connectivity index (χ0n) is 12.6. The number of rotatable bonds is 2. The molecule has 4 unspecified atom stereocenters. The van der Waals surface area contributed by atoms with Crippen LogP contribution in [0.5, 0.6) is 0 Å². The van der Waals surface area contributed by atoms with Gasteiger partial charge in [-0.15, -0.1) is 12.4 Å². The Bertz CT molecular complexity index is 479. The maximum atomic E-state index is 12.7. The fourth-order valence-corrected chi connectivity index (χ4v) is 3.78. The minimum absolute atomic E-state index is 0. The van der Waals surface area contributed by atoms with Gasteiger partial charge in [0.15, 0.2) is 0 Å². The van der Waals surface area contributed by atoms with Crippen LogP contribution in [0.15, 0.2) is 30.3 Å². The Morgan fingerprint density at radius 2 is 1.90 bits per heavy atom. The maximum absolute atomic E-state index is 12.7. The molecule has 3 nitrogen and oxygen atoms in total. The van der Waals surface area contributed by atoms with E-state index in [1.54, 1.807) is 0 Å². The van der Waals surface area contributed by atoms with Gasteiger partial charge in [0.05, 0.1) is 0 Å². The van der Waals surface area contributed by atoms with E-state index in [0.29, 0.717) is 17.9 Å². The van der Waals surface area contributed by atoms with Crippen LogP contribution < -0.4 is 5.73 Å². The van der Waals surface area contributed by atoms with Gasteiger partial charge in [-0.3, -0.25) is 4.79 Å². The largest absolute Gasteiger partial charge is 0.339 e. The van der Waals surface area contributed by atoms with Crippen molar-refractivity contribution in [2.45, 2.75) is 50.6 Å². The maximum Gasteiger partial charge on any atom is 0.226 e. The minimum Gasteiger partial charge on any atom is -0.339 e. The molecule has 1 aromatic carbocycles. The Balaban J connectivity index is 0.00000161. The van der Waals surface area contributed by atoms with Gasteiger partial charge in [0.2, 0.25) is 5.91 Å². The molecule has 21 heavy (non-hydrogen) atoms. The van der Waals surface area contributed by atoms with Crippen molar-refractivity contribution < 1.29 is 4.79 Å². The number of likely N-dealkylation sites (tertiary alicyclic amines) is 1. The summed E-state index contributed by atoms with van der Waals surface area (Å²) >= 11 is 0. The van der Waals surface area contributed by atoms with Gasteiger partial charge in [-0.2, -0.15) is 0 Å². The van der Waals surface area contributed by atoms with E-state index in [1.807, 2.05) is 6.07 Å². The van der Waals surface area contributed by atoms with Gasteiger partial charge >= 0.3 is 0 Å². The molecular formula is C17H25ClN2O. The summed E-state index contributed by atoms with van der Waals surface area (Å²) in [5.41, 5.74) is 7.30. The number of hydrogen-bond donors (Lipinski definition) is 1. The smallest absolute Gasteiger partial charge is 0.226 e. The number of benzene rings is 1. The number of nitrogens with zero attached hydrogens (tertiary/aromatic N) is 1. The van der Waals surface area contributed by atoms with Gasteiger partial charge < -0.3 is 10.6 Å². The number of hydrogen-bond acceptors (Lipinski definition) is 2. The van der Waals surface area contributed by atoms with Crippen LogP contribution in [0.4, 0.5) is 0 Å². The third kappa shape index (κ3) is 3.41. The van der Waals surface area contributed by atoms with Crippen molar-refractivity contribution in [3.8, 4) is 0 Å². The van der Waals surface area contributed by atoms with E-state index >= 15 is 0 Å². The van der Waals surface area contributed by atoms with Crippen molar-refractivity contribution in [2.24, 2.45) is 11.7 Å². The van der Waals surface area contributed by atoms with Crippen LogP contribution in [0.25, 0.3) is 0 Å². The molecule has 1 heterocycles. The molecule has 116 valence electrons. The van der Waals surface area contributed by atoms with Gasteiger partial charge in [-0.05, 0) is 38.2 Å². The summed E-state index contributed by atoms with van der Waals surface area (Å²) in [6.45, 7) is 3.05. The molecule has 0 radical (unpaired) electrons. The van der Waals surface area contributed by atoms with Crippen LogP contribution in [-0.2, 0) is 4.79 Å². The standard InChI is InChI=1S/C17H24N2O.ClH/c1-12-9-15(13-5-3-2-4-6-13)11-19(12)17(20)14-7-8-16(18)10-14;/h2-6,12,14-16H,7-11,18H2,1H3;1H. The minimum atomic E-state index is 0. The lowest BCUT2D eigenvalue weighted by Gasteiger charge is -2.25. The summed E-state index contributed by atoms with van der Waals surface area (Å²) in [5, 5.41) is 0. The fourth-order valence-electron chi connectivity index (χ4n) is 3.78. The highest BCUT2D eigenvalue weighted by molar-refractivity contribution is 5.85. The van der Waals surface area contributed by atoms with Gasteiger partial charge in [-0.1, -0.05) is 30.3 Å². The zero-order valence-corrected chi connectivity index (χ0v) is 13.4. The summed E-state index contributed by atoms with van der Waals surface area (Å²) in [6.07, 6.45) is 3.92. The lowest BCUT2D eigenvalue weighted by Crippen LogP contribution is -2.38. The molecule has 4 atom stereocenters. The van der Waals surface area contributed by atoms with Gasteiger partial charge in [0.1, 0.15) is 0 Å². The third-order valence-corrected chi connectivity index (χ3v) is 4.95. The van der Waals surface area contributed by atoms with Crippen molar-refractivity contribution in [3.05, 3.63) is 35.9 Å². The Morgan fingerprint density at radius 3 is 2.52 bits per heavy atom. The second kappa shape index (κ2) is 6.80. The molecule has 2 fully saturated rings. The topological polar surface area (TPSA) is 46.3 Å². The van der Waals surface area contributed by atoms with Gasteiger partial charge in [0.25, 0.3) is 0 Å². The lowest BCUT2D eigenvalue weighted by molar-refractivity contribution is -0.135. The molecule has 1 amide bonds. The quantitative estimate of drug-likeness (QED) is 0.913. The third-order valence-electron chi connectivity index (χ3n) is 4.95. The normalized spacial score (nSPS) is 32.0. The van der Waals surface area contributed by atoms with Crippen molar-refractivity contribution in [1.29, 1.82) is 0 Å². The molecule has 1 aromatic rings. The monoisotopic (exact) mass is 308 g/mol. The first-order valence-corrected chi connectivity index (χ1v) is 7.76. The van der Waals surface area contributed by atoms with E-state index in [9.17, 15) is 4.79 Å². The first kappa shape index (κ1) is 16.3. The Morgan fingerprint density at radius 1 is 1.19 bits per heavy atom. The Hall–Kier alpha value is -1.06. The Kier molecular flexibility index (Phi) is 5.28. The molecule has 2 aliphatic rings. The van der Waals surface area contributed by atoms with Crippen molar-refractivity contribution in [2.75, 3.05) is 6.54 Å². The lowest BCUT2D eigenvalue weighted by atomic mass is 9.97. The first-order valence-electron chi connectivity index (χ1n) is 7.76. The number of carbonyl (C=O) groups is 1. The molecule has 4 heteroatoms. The highest BCUT2D eigenvalue weighted by Crippen LogP contribution is 2.35. The van der Waals surface area contributed by atoms with Crippen LogP contribution >= 0.6 is 12.4 Å². The zero-order chi connectivity index (χ0) is 14.1. The molecule has 1 aliphatic heterocycles. The van der Waals surface area contributed by atoms with Crippen LogP contribution in [-0.4, -0.2) is 29.4 Å². The number of nitrogens with two attached hydrogens (primary N) is 1. The number of halogens is 1. The molecule has 1 aliphatic carbocycles. The predicted molar refractivity (Wildman–Crippen MR) is 87.5 cm³/mol. The van der Waals surface area contributed by atoms with Crippen molar-refractivity contribution >= 4 is 18.3 Å². The average Bonchev–Trinajstić information content (AvgIpc) is 3.05. The van der Waals surface area contributed by atoms with E-state index in [0.717, 1.165) is 32.2 Å². The summed E-state index contributed by atoms with van der Waals surface area (Å²) in [5.74, 6) is 0.996. The van der Waals surface area contributed by atoms with Crippen molar-refractivity contribution in [1.82, 2.24) is 4.90 Å². The molecule has 0 bridgehead atoms. The summed E-state index contributed by atoms with van der Waals surface area (Å²) in [7, 11) is 0. The molecule has 2 N–H and O–H groups in total. The number of carbonyl (C=O) groups excluding carboxylic acids is 1. The van der Waals surface area contributed by atoms with E-state index in [1.165, 1.54) is 5.56 Å². The fraction of sp³-hybridized carbons (Fsp3) is 0.588. The van der Waals surface area contributed by atoms with Crippen molar-refractivity contribution in [3.63, 3.8) is 0 Å². The molecule has 3 rings (SSSR count). The molecule has 1 saturated carbocycles. The highest BCUT2D eigenvalue weighted by atomic mass is 35.5. The summed E-state index contributed by atoms with van der Waals surface area (Å²) in [6, 6.07) is 11.1. The van der Waals surface area contributed by atoms with E-state index in [2.05, 4.69) is 36.1 Å². The van der Waals surface area contributed by atoms with Gasteiger partial charge in [-0.25, -0.2) is 0 Å². The van der Waals surface area contributed by atoms with Crippen LogP contribution in [0, 0.1) is 5.92 Å². The van der Waals surface area contributed by atoms with Crippen LogP contribution in [0.1, 0.15) is 44.1 Å². The predicted octanol–water partition coefficient (Wildman–Crippen LogP) is 2.94. The van der Waals surface area contributed by atoms with E-state index in [4.69, 9.17) is 5.73 Å². The second-order valence-corrected chi connectivity index (χ2v) is 6.45. The first-order chi connectivity index (χ1) is 9.65. The molecule has 1 saturated heterocycles. The second-order valence-electron chi connectivity index (χ2n) is 6.45. The van der Waals surface area contributed by atoms with Gasteiger partial charge in [0, 0.05) is 30.5 Å².